The fourth-order valence-electron chi connectivity index (χ4n) is 3.32. The van der Waals surface area contributed by atoms with E-state index in [1.54, 1.807) is 24.3 Å². The number of carbonyl (C=O) groups excluding carboxylic acids is 1. The number of morpholine rings is 1. The van der Waals surface area contributed by atoms with Crippen molar-refractivity contribution in [1.82, 2.24) is 15.3 Å². The lowest BCUT2D eigenvalue weighted by molar-refractivity contribution is -0.128. The van der Waals surface area contributed by atoms with Crippen LogP contribution in [0.2, 0.25) is 5.02 Å². The van der Waals surface area contributed by atoms with Gasteiger partial charge in [-0.3, -0.25) is 4.79 Å². The number of rotatable bonds is 6. The zero-order valence-electron chi connectivity index (χ0n) is 18.5. The second-order valence-electron chi connectivity index (χ2n) is 7.17. The predicted molar refractivity (Wildman–Crippen MR) is 116 cm³/mol. The first-order chi connectivity index (χ1) is 15.4. The highest BCUT2D eigenvalue weighted by Gasteiger charge is 2.22. The minimum Gasteiger partial charge on any atom is -0.381 e. The van der Waals surface area contributed by atoms with Gasteiger partial charge in [-0.2, -0.15) is 0 Å². The van der Waals surface area contributed by atoms with Crippen LogP contribution in [0.25, 0.3) is 11.3 Å². The second kappa shape index (κ2) is 10.2. The van der Waals surface area contributed by atoms with Crippen LogP contribution in [0.1, 0.15) is 15.6 Å². The van der Waals surface area contributed by atoms with Crippen molar-refractivity contribution in [2.75, 3.05) is 50.0 Å². The summed E-state index contributed by atoms with van der Waals surface area (Å²) in [5.41, 5.74) is 1.12. The summed E-state index contributed by atoms with van der Waals surface area (Å²) in [5, 5.41) is 9.16. The minimum atomic E-state index is -1.62. The molecule has 1 atom stereocenters. The van der Waals surface area contributed by atoms with Crippen LogP contribution in [0.15, 0.2) is 30.5 Å². The van der Waals surface area contributed by atoms with Gasteiger partial charge in [-0.25, -0.2) is 9.97 Å². The van der Waals surface area contributed by atoms with Gasteiger partial charge in [0, 0.05) is 47.3 Å². The van der Waals surface area contributed by atoms with Gasteiger partial charge in [0.15, 0.2) is 0 Å². The maximum absolute atomic E-state index is 12.4. The lowest BCUT2D eigenvalue weighted by atomic mass is 10.0. The van der Waals surface area contributed by atoms with Gasteiger partial charge in [0.05, 0.1) is 17.3 Å². The standard InChI is InChI=1S/C21H26ClN5O3/c22-16-12-25-20(27-21(28)18-13-23-6-9-30-18)10-15(16)17-2-1-3-19(26-17)24-11-14-4-7-29-8-5-14/h1-3,10,12,14,18,23H,4-9,11,13H2,(H,24,26)(H,25,27,28)/t18-/m1/s1/i11D2. The topological polar surface area (TPSA) is 97.4 Å². The van der Waals surface area contributed by atoms with Crippen LogP contribution in [-0.4, -0.2) is 61.4 Å². The summed E-state index contributed by atoms with van der Waals surface area (Å²) in [6.45, 7) is 1.13. The zero-order chi connectivity index (χ0) is 22.6. The fraction of sp³-hybridized carbons (Fsp3) is 0.476. The summed E-state index contributed by atoms with van der Waals surface area (Å²) in [6, 6.07) is 6.92. The van der Waals surface area contributed by atoms with E-state index in [9.17, 15) is 4.79 Å². The van der Waals surface area contributed by atoms with Gasteiger partial charge in [0.25, 0.3) is 5.91 Å². The number of halogens is 1. The van der Waals surface area contributed by atoms with Gasteiger partial charge in [-0.1, -0.05) is 17.7 Å². The first-order valence-electron chi connectivity index (χ1n) is 11.0. The van der Waals surface area contributed by atoms with Gasteiger partial charge in [0.2, 0.25) is 0 Å². The summed E-state index contributed by atoms with van der Waals surface area (Å²) in [7, 11) is 0. The number of nitrogens with zero attached hydrogens (tertiary/aromatic N) is 2. The third-order valence-corrected chi connectivity index (χ3v) is 5.28. The largest absolute Gasteiger partial charge is 0.381 e. The van der Waals surface area contributed by atoms with Crippen molar-refractivity contribution >= 4 is 29.1 Å². The SMILES string of the molecule is [2H]C([2H])(Nc1cccc(-c2cc(NC(=O)[C@H]3CNCCO3)ncc2Cl)n1)C1CCOCC1. The van der Waals surface area contributed by atoms with Crippen molar-refractivity contribution in [2.24, 2.45) is 5.92 Å². The molecule has 4 heterocycles. The molecule has 8 nitrogen and oxygen atoms in total. The van der Waals surface area contributed by atoms with Gasteiger partial charge in [-0.15, -0.1) is 0 Å². The lowest BCUT2D eigenvalue weighted by Crippen LogP contribution is -2.45. The number of ether oxygens (including phenoxy) is 2. The molecule has 0 unspecified atom stereocenters. The minimum absolute atomic E-state index is 0.162. The number of pyridine rings is 2. The third-order valence-electron chi connectivity index (χ3n) is 4.98. The van der Waals surface area contributed by atoms with Crippen molar-refractivity contribution in [1.29, 1.82) is 0 Å². The number of aromatic nitrogens is 2. The van der Waals surface area contributed by atoms with E-state index in [1.807, 2.05) is 0 Å². The van der Waals surface area contributed by atoms with Crippen LogP contribution in [0.3, 0.4) is 0 Å². The van der Waals surface area contributed by atoms with Crippen molar-refractivity contribution in [3.05, 3.63) is 35.5 Å². The fourth-order valence-corrected chi connectivity index (χ4v) is 3.52. The highest BCUT2D eigenvalue weighted by atomic mass is 35.5. The van der Waals surface area contributed by atoms with Crippen LogP contribution in [0, 0.1) is 5.92 Å². The molecule has 0 aromatic carbocycles. The average molecular weight is 434 g/mol. The molecule has 2 fully saturated rings. The molecule has 1 amide bonds. The van der Waals surface area contributed by atoms with E-state index >= 15 is 0 Å². The Bertz CT molecular complexity index is 953. The Morgan fingerprint density at radius 1 is 1.30 bits per heavy atom. The number of carbonyl (C=O) groups is 1. The van der Waals surface area contributed by atoms with Gasteiger partial charge in [-0.05, 0) is 37.0 Å². The molecule has 2 aromatic rings. The summed E-state index contributed by atoms with van der Waals surface area (Å²) in [5.74, 6) is 0.288. The molecule has 0 saturated carbocycles. The average Bonchev–Trinajstić information content (AvgIpc) is 2.81. The highest BCUT2D eigenvalue weighted by Crippen LogP contribution is 2.29. The maximum Gasteiger partial charge on any atom is 0.255 e. The number of hydrogen-bond donors (Lipinski definition) is 3. The molecule has 0 spiro atoms. The summed E-state index contributed by atoms with van der Waals surface area (Å²) in [6.07, 6.45) is 2.18. The van der Waals surface area contributed by atoms with Crippen LogP contribution in [0.4, 0.5) is 11.6 Å². The molecule has 30 heavy (non-hydrogen) atoms. The molecule has 4 rings (SSSR count). The molecule has 160 valence electrons. The van der Waals surface area contributed by atoms with Crippen molar-refractivity contribution in [3.8, 4) is 11.3 Å². The number of nitrogens with one attached hydrogen (secondary N) is 3. The Kier molecular flexibility index (Phi) is 6.27. The van der Waals surface area contributed by atoms with Crippen molar-refractivity contribution < 1.29 is 17.0 Å². The van der Waals surface area contributed by atoms with E-state index < -0.39 is 12.6 Å². The zero-order valence-corrected chi connectivity index (χ0v) is 17.2. The van der Waals surface area contributed by atoms with Crippen LogP contribution in [0.5, 0.6) is 0 Å². The Balaban J connectivity index is 1.50. The number of anilines is 2. The van der Waals surface area contributed by atoms with E-state index in [0.29, 0.717) is 67.1 Å². The first-order valence-corrected chi connectivity index (χ1v) is 10.4. The van der Waals surface area contributed by atoms with E-state index in [4.69, 9.17) is 23.8 Å². The van der Waals surface area contributed by atoms with Crippen LogP contribution in [-0.2, 0) is 14.3 Å². The molecule has 2 aliphatic heterocycles. The molecule has 2 aromatic heterocycles. The van der Waals surface area contributed by atoms with Gasteiger partial charge >= 0.3 is 0 Å². The van der Waals surface area contributed by atoms with Crippen molar-refractivity contribution in [2.45, 2.75) is 18.9 Å². The van der Waals surface area contributed by atoms with Gasteiger partial charge < -0.3 is 25.4 Å². The molecule has 2 saturated heterocycles. The molecule has 3 N–H and O–H groups in total. The Labute approximate surface area is 183 Å². The molecule has 0 radical (unpaired) electrons. The molecular weight excluding hydrogens is 406 g/mol. The number of hydrogen-bond acceptors (Lipinski definition) is 7. The van der Waals surface area contributed by atoms with Gasteiger partial charge in [0.1, 0.15) is 17.7 Å². The summed E-state index contributed by atoms with van der Waals surface area (Å²) < 4.78 is 27.7. The monoisotopic (exact) mass is 433 g/mol. The highest BCUT2D eigenvalue weighted by molar-refractivity contribution is 6.33. The van der Waals surface area contributed by atoms with Crippen LogP contribution >= 0.6 is 11.6 Å². The normalized spacial score (nSPS) is 21.4. The Morgan fingerprint density at radius 3 is 2.97 bits per heavy atom. The molecule has 9 heteroatoms. The second-order valence-corrected chi connectivity index (χ2v) is 7.57. The summed E-state index contributed by atoms with van der Waals surface area (Å²) >= 11 is 6.36. The van der Waals surface area contributed by atoms with E-state index in [0.717, 1.165) is 6.54 Å². The first kappa shape index (κ1) is 18.5. The molecule has 0 bridgehead atoms. The lowest BCUT2D eigenvalue weighted by Gasteiger charge is -2.22. The van der Waals surface area contributed by atoms with Crippen molar-refractivity contribution in [3.63, 3.8) is 0 Å². The Morgan fingerprint density at radius 2 is 2.17 bits per heavy atom. The molecule has 0 aliphatic carbocycles. The third kappa shape index (κ3) is 5.46. The van der Waals surface area contributed by atoms with E-state index in [1.165, 1.54) is 6.20 Å². The Hall–Kier alpha value is -2.26. The predicted octanol–water partition coefficient (Wildman–Crippen LogP) is 2.56. The quantitative estimate of drug-likeness (QED) is 0.644. The maximum atomic E-state index is 12.4. The molecular formula is C21H26ClN5O3. The molecule has 2 aliphatic rings. The van der Waals surface area contributed by atoms with E-state index in [2.05, 4.69) is 25.9 Å². The van der Waals surface area contributed by atoms with E-state index in [-0.39, 0.29) is 11.8 Å². The number of amides is 1. The smallest absolute Gasteiger partial charge is 0.255 e. The van der Waals surface area contributed by atoms with Crippen LogP contribution < -0.4 is 16.0 Å². The summed E-state index contributed by atoms with van der Waals surface area (Å²) in [4.78, 5) is 21.2.